The molecule has 1 aliphatic heterocycles. The van der Waals surface area contributed by atoms with E-state index in [4.69, 9.17) is 9.47 Å². The van der Waals surface area contributed by atoms with Crippen molar-refractivity contribution < 1.29 is 14.3 Å². The van der Waals surface area contributed by atoms with Crippen molar-refractivity contribution in [3.63, 3.8) is 0 Å². The maximum absolute atomic E-state index is 11.7. The van der Waals surface area contributed by atoms with Gasteiger partial charge in [-0.3, -0.25) is 4.79 Å². The fourth-order valence-corrected chi connectivity index (χ4v) is 1.78. The largest absolute Gasteiger partial charge is 0.494 e. The van der Waals surface area contributed by atoms with Crippen LogP contribution in [0.25, 0.3) is 0 Å². The molecule has 2 rings (SSSR count). The zero-order chi connectivity index (χ0) is 12.8. The van der Waals surface area contributed by atoms with Crippen molar-refractivity contribution in [2.24, 2.45) is 0 Å². The minimum atomic E-state index is -0.219. The topological polar surface area (TPSA) is 47.6 Å². The van der Waals surface area contributed by atoms with Gasteiger partial charge in [-0.25, -0.2) is 0 Å². The van der Waals surface area contributed by atoms with E-state index in [-0.39, 0.29) is 11.7 Å². The van der Waals surface area contributed by atoms with Crippen LogP contribution in [-0.2, 0) is 20.7 Å². The van der Waals surface area contributed by atoms with Gasteiger partial charge in [0.15, 0.2) is 0 Å². The van der Waals surface area contributed by atoms with Crippen LogP contribution in [0.2, 0.25) is 0 Å². The van der Waals surface area contributed by atoms with Crippen molar-refractivity contribution in [3.05, 3.63) is 47.4 Å². The van der Waals surface area contributed by atoms with Crippen LogP contribution in [0.15, 0.2) is 36.3 Å². The molecule has 0 spiro atoms. The van der Waals surface area contributed by atoms with E-state index in [0.717, 1.165) is 6.42 Å². The smallest absolute Gasteiger partial charge is 0.289 e. The summed E-state index contributed by atoms with van der Waals surface area (Å²) in [6, 6.07) is 8.15. The van der Waals surface area contributed by atoms with Gasteiger partial charge in [-0.2, -0.15) is 0 Å². The van der Waals surface area contributed by atoms with Gasteiger partial charge in [0.05, 0.1) is 0 Å². The molecule has 0 fully saturated rings. The lowest BCUT2D eigenvalue weighted by molar-refractivity contribution is -0.122. The minimum absolute atomic E-state index is 0.219. The fraction of sp³-hybridized carbons (Fsp3) is 0.357. The number of amides is 1. The van der Waals surface area contributed by atoms with Gasteiger partial charge in [-0.05, 0) is 24.5 Å². The quantitative estimate of drug-likeness (QED) is 0.878. The third-order valence-corrected chi connectivity index (χ3v) is 2.81. The number of rotatable bonds is 4. The number of carbonyl (C=O) groups excluding carboxylic acids is 1. The Morgan fingerprint density at radius 3 is 2.89 bits per heavy atom. The molecule has 0 aromatic heterocycles. The molecule has 96 valence electrons. The molecule has 0 atom stereocenters. The molecule has 0 aliphatic carbocycles. The molecule has 1 aromatic carbocycles. The van der Waals surface area contributed by atoms with Gasteiger partial charge in [-0.1, -0.05) is 24.3 Å². The monoisotopic (exact) mass is 247 g/mol. The summed E-state index contributed by atoms with van der Waals surface area (Å²) in [6.07, 6.45) is 2.18. The van der Waals surface area contributed by atoms with E-state index >= 15 is 0 Å². The fourth-order valence-electron chi connectivity index (χ4n) is 1.78. The summed E-state index contributed by atoms with van der Waals surface area (Å²) < 4.78 is 10.2. The van der Waals surface area contributed by atoms with Crippen molar-refractivity contribution in [1.82, 2.24) is 5.32 Å². The third kappa shape index (κ3) is 3.26. The SMILES string of the molecule is Cc1ccccc1CCNC(=O)C1=COCCO1. The van der Waals surface area contributed by atoms with Crippen LogP contribution in [0.5, 0.6) is 0 Å². The van der Waals surface area contributed by atoms with E-state index in [1.54, 1.807) is 0 Å². The molecular weight excluding hydrogens is 230 g/mol. The Labute approximate surface area is 107 Å². The lowest BCUT2D eigenvalue weighted by Gasteiger charge is -2.15. The number of benzene rings is 1. The number of nitrogens with one attached hydrogen (secondary N) is 1. The van der Waals surface area contributed by atoms with Gasteiger partial charge in [0.1, 0.15) is 19.5 Å². The van der Waals surface area contributed by atoms with Crippen molar-refractivity contribution in [2.75, 3.05) is 19.8 Å². The van der Waals surface area contributed by atoms with E-state index in [1.807, 2.05) is 12.1 Å². The highest BCUT2D eigenvalue weighted by atomic mass is 16.6. The number of aryl methyl sites for hydroxylation is 1. The second-order valence-corrected chi connectivity index (χ2v) is 4.13. The number of hydrogen-bond acceptors (Lipinski definition) is 3. The average Bonchev–Trinajstić information content (AvgIpc) is 2.42. The maximum Gasteiger partial charge on any atom is 0.289 e. The van der Waals surface area contributed by atoms with Crippen LogP contribution in [0, 0.1) is 6.92 Å². The van der Waals surface area contributed by atoms with Crippen LogP contribution in [0.4, 0.5) is 0 Å². The number of hydrogen-bond donors (Lipinski definition) is 1. The van der Waals surface area contributed by atoms with Gasteiger partial charge in [0.2, 0.25) is 5.76 Å². The first-order valence-corrected chi connectivity index (χ1v) is 6.04. The van der Waals surface area contributed by atoms with E-state index in [1.165, 1.54) is 17.4 Å². The highest BCUT2D eigenvalue weighted by Crippen LogP contribution is 2.07. The molecule has 0 unspecified atom stereocenters. The third-order valence-electron chi connectivity index (χ3n) is 2.81. The predicted octanol–water partition coefficient (Wildman–Crippen LogP) is 1.54. The summed E-state index contributed by atoms with van der Waals surface area (Å²) in [6.45, 7) is 3.58. The number of ether oxygens (including phenoxy) is 2. The first-order valence-electron chi connectivity index (χ1n) is 6.04. The molecule has 18 heavy (non-hydrogen) atoms. The molecule has 0 radical (unpaired) electrons. The Morgan fingerprint density at radius 1 is 1.33 bits per heavy atom. The van der Waals surface area contributed by atoms with Gasteiger partial charge >= 0.3 is 0 Å². The molecule has 1 aromatic rings. The summed E-state index contributed by atoms with van der Waals surface area (Å²) in [4.78, 5) is 11.7. The van der Waals surface area contributed by atoms with Crippen molar-refractivity contribution >= 4 is 5.91 Å². The zero-order valence-electron chi connectivity index (χ0n) is 10.4. The van der Waals surface area contributed by atoms with Gasteiger partial charge in [-0.15, -0.1) is 0 Å². The van der Waals surface area contributed by atoms with Crippen LogP contribution in [0.3, 0.4) is 0 Å². The van der Waals surface area contributed by atoms with E-state index < -0.39 is 0 Å². The van der Waals surface area contributed by atoms with Gasteiger partial charge in [0, 0.05) is 6.54 Å². The Hall–Kier alpha value is -1.97. The molecule has 1 N–H and O–H groups in total. The summed E-state index contributed by atoms with van der Waals surface area (Å²) in [5.41, 5.74) is 2.48. The van der Waals surface area contributed by atoms with E-state index in [9.17, 15) is 4.79 Å². The molecule has 4 nitrogen and oxygen atoms in total. The first-order chi connectivity index (χ1) is 8.77. The van der Waals surface area contributed by atoms with Crippen LogP contribution in [0.1, 0.15) is 11.1 Å². The molecule has 1 aliphatic rings. The molecule has 0 saturated carbocycles. The Balaban J connectivity index is 1.80. The van der Waals surface area contributed by atoms with E-state index in [2.05, 4.69) is 24.4 Å². The maximum atomic E-state index is 11.7. The second-order valence-electron chi connectivity index (χ2n) is 4.13. The highest BCUT2D eigenvalue weighted by molar-refractivity contribution is 5.91. The van der Waals surface area contributed by atoms with Gasteiger partial charge < -0.3 is 14.8 Å². The first kappa shape index (κ1) is 12.5. The minimum Gasteiger partial charge on any atom is -0.494 e. The van der Waals surface area contributed by atoms with Crippen LogP contribution >= 0.6 is 0 Å². The Morgan fingerprint density at radius 2 is 2.17 bits per heavy atom. The lowest BCUT2D eigenvalue weighted by atomic mass is 10.1. The summed E-state index contributed by atoms with van der Waals surface area (Å²) in [5.74, 6) is 0.0364. The van der Waals surface area contributed by atoms with Crippen molar-refractivity contribution in [3.8, 4) is 0 Å². The highest BCUT2D eigenvalue weighted by Gasteiger charge is 2.14. The Kier molecular flexibility index (Phi) is 4.23. The molecule has 0 bridgehead atoms. The normalized spacial score (nSPS) is 14.2. The molecule has 4 heteroatoms. The lowest BCUT2D eigenvalue weighted by Crippen LogP contribution is -2.30. The van der Waals surface area contributed by atoms with Crippen molar-refractivity contribution in [2.45, 2.75) is 13.3 Å². The zero-order valence-corrected chi connectivity index (χ0v) is 10.4. The molecular formula is C14H17NO3. The average molecular weight is 247 g/mol. The molecule has 0 saturated heterocycles. The van der Waals surface area contributed by atoms with Crippen LogP contribution < -0.4 is 5.32 Å². The predicted molar refractivity (Wildman–Crippen MR) is 67.9 cm³/mol. The number of carbonyl (C=O) groups is 1. The molecule has 1 heterocycles. The van der Waals surface area contributed by atoms with Crippen LogP contribution in [-0.4, -0.2) is 25.7 Å². The van der Waals surface area contributed by atoms with E-state index in [0.29, 0.717) is 19.8 Å². The Bertz CT molecular complexity index is 454. The summed E-state index contributed by atoms with van der Waals surface area (Å²) >= 11 is 0. The van der Waals surface area contributed by atoms with Crippen molar-refractivity contribution in [1.29, 1.82) is 0 Å². The second kappa shape index (κ2) is 6.10. The standard InChI is InChI=1S/C14H17NO3/c1-11-4-2-3-5-12(11)6-7-15-14(16)13-10-17-8-9-18-13/h2-5,10H,6-9H2,1H3,(H,15,16). The molecule has 1 amide bonds. The van der Waals surface area contributed by atoms with Gasteiger partial charge in [0.25, 0.3) is 5.91 Å². The summed E-state index contributed by atoms with van der Waals surface area (Å²) in [7, 11) is 0. The summed E-state index contributed by atoms with van der Waals surface area (Å²) in [5, 5.41) is 2.82.